The van der Waals surface area contributed by atoms with Crippen molar-refractivity contribution in [2.45, 2.75) is 6.10 Å². The molecule has 0 aliphatic heterocycles. The molecule has 130 valence electrons. The Hall–Kier alpha value is -3.06. The monoisotopic (exact) mass is 362 g/mol. The van der Waals surface area contributed by atoms with E-state index in [1.54, 1.807) is 30.3 Å². The highest BCUT2D eigenvalue weighted by atomic mass is 35.5. The lowest BCUT2D eigenvalue weighted by atomic mass is 10.1. The standard InChI is InChI=1S/C17H15ClN2O5/c1-19-17(24)20-15(22)14(10-5-3-2-4-6-10)25-16(23)12-9-11(18)7-8-13(12)21/h2-9,14,21H,1H3,(H2,19,20,22,24)/t14-/m0/s1. The minimum Gasteiger partial charge on any atom is -0.507 e. The predicted octanol–water partition coefficient (Wildman–Crippen LogP) is 2.40. The van der Waals surface area contributed by atoms with Crippen molar-refractivity contribution in [2.75, 3.05) is 7.05 Å². The topological polar surface area (TPSA) is 105 Å². The summed E-state index contributed by atoms with van der Waals surface area (Å²) in [6, 6.07) is 11.3. The third-order valence-corrected chi connectivity index (χ3v) is 3.44. The van der Waals surface area contributed by atoms with Crippen LogP contribution in [0.3, 0.4) is 0 Å². The number of carbonyl (C=O) groups is 3. The van der Waals surface area contributed by atoms with Gasteiger partial charge in [-0.3, -0.25) is 10.1 Å². The quantitative estimate of drug-likeness (QED) is 0.724. The zero-order valence-electron chi connectivity index (χ0n) is 13.2. The molecule has 0 heterocycles. The molecule has 0 saturated carbocycles. The van der Waals surface area contributed by atoms with E-state index in [9.17, 15) is 19.5 Å². The number of benzene rings is 2. The van der Waals surface area contributed by atoms with Crippen molar-refractivity contribution in [3.63, 3.8) is 0 Å². The van der Waals surface area contributed by atoms with E-state index in [-0.39, 0.29) is 16.3 Å². The summed E-state index contributed by atoms with van der Waals surface area (Å²) in [7, 11) is 1.34. The summed E-state index contributed by atoms with van der Waals surface area (Å²) in [4.78, 5) is 36.0. The SMILES string of the molecule is CNC(=O)NC(=O)[C@@H](OC(=O)c1cc(Cl)ccc1O)c1ccccc1. The first kappa shape index (κ1) is 18.3. The highest BCUT2D eigenvalue weighted by molar-refractivity contribution is 6.31. The van der Waals surface area contributed by atoms with Gasteiger partial charge in [-0.25, -0.2) is 9.59 Å². The number of esters is 1. The molecule has 0 saturated heterocycles. The number of amides is 3. The van der Waals surface area contributed by atoms with Crippen LogP contribution < -0.4 is 10.6 Å². The number of hydrogen-bond donors (Lipinski definition) is 3. The lowest BCUT2D eigenvalue weighted by Crippen LogP contribution is -2.41. The largest absolute Gasteiger partial charge is 0.507 e. The average molecular weight is 363 g/mol. The number of urea groups is 1. The molecule has 2 rings (SSSR count). The van der Waals surface area contributed by atoms with Gasteiger partial charge in [0.2, 0.25) is 6.10 Å². The normalized spacial score (nSPS) is 11.3. The van der Waals surface area contributed by atoms with Crippen LogP contribution in [0.25, 0.3) is 0 Å². The van der Waals surface area contributed by atoms with E-state index in [1.807, 2.05) is 0 Å². The van der Waals surface area contributed by atoms with Crippen LogP contribution in [-0.2, 0) is 9.53 Å². The minimum absolute atomic E-state index is 0.193. The summed E-state index contributed by atoms with van der Waals surface area (Å²) in [5, 5.41) is 14.3. The highest BCUT2D eigenvalue weighted by Gasteiger charge is 2.28. The van der Waals surface area contributed by atoms with Crippen molar-refractivity contribution < 1.29 is 24.2 Å². The first-order valence-corrected chi connectivity index (χ1v) is 7.57. The van der Waals surface area contributed by atoms with Crippen LogP contribution in [0, 0.1) is 0 Å². The average Bonchev–Trinajstić information content (AvgIpc) is 2.61. The number of imide groups is 1. The van der Waals surface area contributed by atoms with Gasteiger partial charge in [0.1, 0.15) is 11.3 Å². The van der Waals surface area contributed by atoms with Crippen molar-refractivity contribution >= 4 is 29.5 Å². The van der Waals surface area contributed by atoms with Crippen LogP contribution in [0.2, 0.25) is 5.02 Å². The first-order valence-electron chi connectivity index (χ1n) is 7.19. The molecule has 0 unspecified atom stereocenters. The second kappa shape index (κ2) is 8.16. The van der Waals surface area contributed by atoms with Crippen LogP contribution in [0.1, 0.15) is 22.0 Å². The van der Waals surface area contributed by atoms with Gasteiger partial charge in [0.25, 0.3) is 5.91 Å². The highest BCUT2D eigenvalue weighted by Crippen LogP contribution is 2.25. The van der Waals surface area contributed by atoms with E-state index in [4.69, 9.17) is 16.3 Å². The molecule has 8 heteroatoms. The third-order valence-electron chi connectivity index (χ3n) is 3.21. The number of hydrogen-bond acceptors (Lipinski definition) is 5. The van der Waals surface area contributed by atoms with Crippen molar-refractivity contribution in [3.8, 4) is 5.75 Å². The summed E-state index contributed by atoms with van der Waals surface area (Å²) in [5.41, 5.74) is 0.167. The molecule has 7 nitrogen and oxygen atoms in total. The summed E-state index contributed by atoms with van der Waals surface area (Å²) in [6.45, 7) is 0. The molecule has 0 bridgehead atoms. The molecule has 25 heavy (non-hydrogen) atoms. The first-order chi connectivity index (χ1) is 11.9. The fraction of sp³-hybridized carbons (Fsp3) is 0.118. The number of halogens is 1. The van der Waals surface area contributed by atoms with E-state index >= 15 is 0 Å². The summed E-state index contributed by atoms with van der Waals surface area (Å²) < 4.78 is 5.22. The van der Waals surface area contributed by atoms with Crippen molar-refractivity contribution in [1.82, 2.24) is 10.6 Å². The predicted molar refractivity (Wildman–Crippen MR) is 90.3 cm³/mol. The van der Waals surface area contributed by atoms with E-state index in [1.165, 1.54) is 25.2 Å². The molecule has 3 amide bonds. The van der Waals surface area contributed by atoms with Crippen molar-refractivity contribution in [3.05, 3.63) is 64.7 Å². The summed E-state index contributed by atoms with van der Waals surface area (Å²) in [6.07, 6.45) is -1.38. The maximum Gasteiger partial charge on any atom is 0.343 e. The summed E-state index contributed by atoms with van der Waals surface area (Å²) >= 11 is 5.81. The number of carbonyl (C=O) groups excluding carboxylic acids is 3. The molecule has 2 aromatic rings. The van der Waals surface area contributed by atoms with Gasteiger partial charge in [0.05, 0.1) is 0 Å². The molecule has 2 aromatic carbocycles. The molecule has 3 N–H and O–H groups in total. The number of phenols is 1. The molecule has 0 aliphatic carbocycles. The van der Waals surface area contributed by atoms with E-state index < -0.39 is 24.0 Å². The second-order valence-electron chi connectivity index (χ2n) is 4.93. The Bertz CT molecular complexity index is 795. The molecule has 1 atom stereocenters. The van der Waals surface area contributed by atoms with Gasteiger partial charge in [-0.05, 0) is 18.2 Å². The van der Waals surface area contributed by atoms with Crippen LogP contribution in [0.4, 0.5) is 4.79 Å². The van der Waals surface area contributed by atoms with Gasteiger partial charge in [-0.15, -0.1) is 0 Å². The number of rotatable bonds is 4. The molecule has 0 radical (unpaired) electrons. The maximum atomic E-state index is 12.3. The summed E-state index contributed by atoms with van der Waals surface area (Å²) in [5.74, 6) is -2.13. The number of aromatic hydroxyl groups is 1. The lowest BCUT2D eigenvalue weighted by molar-refractivity contribution is -0.129. The van der Waals surface area contributed by atoms with Crippen LogP contribution in [0.5, 0.6) is 5.75 Å². The van der Waals surface area contributed by atoms with Gasteiger partial charge in [0, 0.05) is 17.6 Å². The van der Waals surface area contributed by atoms with Gasteiger partial charge in [0.15, 0.2) is 0 Å². The number of nitrogens with one attached hydrogen (secondary N) is 2. The zero-order chi connectivity index (χ0) is 18.4. The molecule has 0 aromatic heterocycles. The van der Waals surface area contributed by atoms with E-state index in [0.717, 1.165) is 0 Å². The van der Waals surface area contributed by atoms with Crippen molar-refractivity contribution in [1.29, 1.82) is 0 Å². The Labute approximate surface area is 148 Å². The fourth-order valence-electron chi connectivity index (χ4n) is 1.98. The molecular formula is C17H15ClN2O5. The molecular weight excluding hydrogens is 348 g/mol. The van der Waals surface area contributed by atoms with Crippen LogP contribution in [-0.4, -0.2) is 30.1 Å². The Morgan fingerprint density at radius 2 is 1.80 bits per heavy atom. The van der Waals surface area contributed by atoms with E-state index in [0.29, 0.717) is 5.56 Å². The van der Waals surface area contributed by atoms with Crippen molar-refractivity contribution in [2.24, 2.45) is 0 Å². The fourth-order valence-corrected chi connectivity index (χ4v) is 2.16. The zero-order valence-corrected chi connectivity index (χ0v) is 13.9. The van der Waals surface area contributed by atoms with Gasteiger partial charge >= 0.3 is 12.0 Å². The molecule has 0 aliphatic rings. The Balaban J connectivity index is 2.29. The second-order valence-corrected chi connectivity index (χ2v) is 5.36. The number of ether oxygens (including phenoxy) is 1. The van der Waals surface area contributed by atoms with Gasteiger partial charge in [-0.2, -0.15) is 0 Å². The lowest BCUT2D eigenvalue weighted by Gasteiger charge is -2.18. The smallest absolute Gasteiger partial charge is 0.343 e. The minimum atomic E-state index is -1.38. The molecule has 0 fully saturated rings. The van der Waals surface area contributed by atoms with Gasteiger partial charge in [-0.1, -0.05) is 41.9 Å². The Kier molecular flexibility index (Phi) is 5.97. The molecule has 0 spiro atoms. The Morgan fingerprint density at radius 1 is 1.12 bits per heavy atom. The van der Waals surface area contributed by atoms with Crippen LogP contribution in [0.15, 0.2) is 48.5 Å². The van der Waals surface area contributed by atoms with E-state index in [2.05, 4.69) is 10.6 Å². The Morgan fingerprint density at radius 3 is 2.44 bits per heavy atom. The maximum absolute atomic E-state index is 12.3. The van der Waals surface area contributed by atoms with Gasteiger partial charge < -0.3 is 15.2 Å². The number of phenolic OH excluding ortho intramolecular Hbond substituents is 1. The third kappa shape index (κ3) is 4.71. The van der Waals surface area contributed by atoms with Crippen LogP contribution >= 0.6 is 11.6 Å².